The molecule has 5 rings (SSSR count). The van der Waals surface area contributed by atoms with Gasteiger partial charge in [-0.15, -0.1) is 0 Å². The van der Waals surface area contributed by atoms with Gasteiger partial charge < -0.3 is 24.8 Å². The topological polar surface area (TPSA) is 97.0 Å². The summed E-state index contributed by atoms with van der Waals surface area (Å²) in [7, 11) is 0. The van der Waals surface area contributed by atoms with Crippen LogP contribution in [0, 0.1) is 5.82 Å². The molecule has 156 valence electrons. The number of aliphatic hydroxyl groups excluding tert-OH is 1. The molecule has 9 nitrogen and oxygen atoms in total. The van der Waals surface area contributed by atoms with Gasteiger partial charge in [0.05, 0.1) is 37.2 Å². The molecule has 0 saturated carbocycles. The van der Waals surface area contributed by atoms with E-state index in [0.29, 0.717) is 40.9 Å². The van der Waals surface area contributed by atoms with Gasteiger partial charge in [-0.2, -0.15) is 5.10 Å². The molecule has 0 spiro atoms. The molecule has 3 aromatic rings. The second-order valence-electron chi connectivity index (χ2n) is 7.51. The summed E-state index contributed by atoms with van der Waals surface area (Å²) in [6.45, 7) is 7.06. The average Bonchev–Trinajstić information content (AvgIpc) is 3.06. The number of ether oxygens (including phenoxy) is 2. The van der Waals surface area contributed by atoms with Crippen LogP contribution in [-0.2, 0) is 6.54 Å². The van der Waals surface area contributed by atoms with E-state index in [-0.39, 0.29) is 25.8 Å². The first-order valence-electron chi connectivity index (χ1n) is 9.66. The minimum Gasteiger partial charge on any atom is -0.485 e. The minimum atomic E-state index is -0.747. The van der Waals surface area contributed by atoms with Gasteiger partial charge in [0.1, 0.15) is 24.6 Å². The second kappa shape index (κ2) is 7.13. The molecule has 2 bridgehead atoms. The summed E-state index contributed by atoms with van der Waals surface area (Å²) in [6, 6.07) is 1.39. The van der Waals surface area contributed by atoms with Gasteiger partial charge in [0.15, 0.2) is 17.2 Å². The first-order valence-corrected chi connectivity index (χ1v) is 9.66. The van der Waals surface area contributed by atoms with Gasteiger partial charge in [-0.3, -0.25) is 0 Å². The van der Waals surface area contributed by atoms with Crippen molar-refractivity contribution in [1.29, 1.82) is 0 Å². The van der Waals surface area contributed by atoms with Crippen LogP contribution in [0.1, 0.15) is 18.1 Å². The Bertz CT molecular complexity index is 1130. The maximum Gasteiger partial charge on any atom is 0.218 e. The van der Waals surface area contributed by atoms with E-state index in [1.165, 1.54) is 6.07 Å². The highest BCUT2D eigenvalue weighted by Crippen LogP contribution is 2.33. The van der Waals surface area contributed by atoms with Crippen molar-refractivity contribution in [2.75, 3.05) is 24.6 Å². The Labute approximate surface area is 171 Å². The van der Waals surface area contributed by atoms with Crippen LogP contribution < -0.4 is 19.7 Å². The lowest BCUT2D eigenvalue weighted by atomic mass is 10.2. The molecule has 0 radical (unpaired) electrons. The Morgan fingerprint density at radius 1 is 1.37 bits per heavy atom. The summed E-state index contributed by atoms with van der Waals surface area (Å²) in [4.78, 5) is 10.8. The number of aliphatic hydroxyl groups is 1. The maximum atomic E-state index is 14.0. The standard InChI is InChI=1S/C20H21FN6O3/c1-11-4-22-12(2)16-6-24-27-9-17-19(25-18(16)27)26(8-15(28)10-29-17)7-13-3-14(21)5-23-20(13)30-11/h3,5-6,9,11,15,22,28H,2,4,7-8,10H2,1H3/t11-,15+/m0/s1. The smallest absolute Gasteiger partial charge is 0.218 e. The van der Waals surface area contributed by atoms with Crippen LogP contribution in [0.2, 0.25) is 0 Å². The van der Waals surface area contributed by atoms with Gasteiger partial charge in [0.25, 0.3) is 0 Å². The highest BCUT2D eigenvalue weighted by molar-refractivity contribution is 5.75. The van der Waals surface area contributed by atoms with Crippen LogP contribution in [0.15, 0.2) is 31.2 Å². The van der Waals surface area contributed by atoms with Gasteiger partial charge in [0.2, 0.25) is 5.88 Å². The molecule has 0 fully saturated rings. The van der Waals surface area contributed by atoms with Crippen molar-refractivity contribution in [2.24, 2.45) is 0 Å². The molecule has 0 aliphatic carbocycles. The number of aromatic nitrogens is 4. The third-order valence-corrected chi connectivity index (χ3v) is 5.10. The lowest BCUT2D eigenvalue weighted by Gasteiger charge is -2.25. The Balaban J connectivity index is 1.70. The lowest BCUT2D eigenvalue weighted by Crippen LogP contribution is -2.33. The number of rotatable bonds is 0. The SMILES string of the molecule is C=C1NC[C@H](C)Oc2ncc(F)cc2CN2C[C@@H](O)COc3cn4ncc1c4nc32. The highest BCUT2D eigenvalue weighted by atomic mass is 19.1. The molecule has 2 atom stereocenters. The summed E-state index contributed by atoms with van der Waals surface area (Å²) >= 11 is 0. The molecule has 2 aliphatic rings. The Kier molecular flexibility index (Phi) is 4.43. The van der Waals surface area contributed by atoms with Crippen molar-refractivity contribution in [3.63, 3.8) is 0 Å². The summed E-state index contributed by atoms with van der Waals surface area (Å²) in [5.41, 5.74) is 2.55. The van der Waals surface area contributed by atoms with Gasteiger partial charge >= 0.3 is 0 Å². The minimum absolute atomic E-state index is 0.112. The summed E-state index contributed by atoms with van der Waals surface area (Å²) < 4.78 is 27.4. The molecule has 0 saturated heterocycles. The normalized spacial score (nSPS) is 21.4. The third kappa shape index (κ3) is 3.28. The fraction of sp³-hybridized carbons (Fsp3) is 0.350. The van der Waals surface area contributed by atoms with Crippen LogP contribution in [0.3, 0.4) is 0 Å². The van der Waals surface area contributed by atoms with E-state index in [4.69, 9.17) is 14.5 Å². The van der Waals surface area contributed by atoms with Gasteiger partial charge in [-0.05, 0) is 13.0 Å². The first-order chi connectivity index (χ1) is 14.5. The number of pyridine rings is 1. The molecule has 0 amide bonds. The van der Waals surface area contributed by atoms with E-state index in [9.17, 15) is 9.50 Å². The van der Waals surface area contributed by atoms with Gasteiger partial charge in [-0.25, -0.2) is 18.9 Å². The summed E-state index contributed by atoms with van der Waals surface area (Å²) in [5, 5.41) is 18.0. The van der Waals surface area contributed by atoms with E-state index in [0.717, 1.165) is 11.8 Å². The molecular weight excluding hydrogens is 391 g/mol. The number of nitrogens with one attached hydrogen (secondary N) is 1. The molecule has 2 N–H and O–H groups in total. The lowest BCUT2D eigenvalue weighted by molar-refractivity contribution is 0.118. The van der Waals surface area contributed by atoms with Gasteiger partial charge in [0, 0.05) is 17.8 Å². The summed E-state index contributed by atoms with van der Waals surface area (Å²) in [6.07, 6.45) is 3.54. The molecular formula is C20H21FN6O3. The predicted molar refractivity (Wildman–Crippen MR) is 107 cm³/mol. The fourth-order valence-corrected chi connectivity index (χ4v) is 3.63. The molecule has 30 heavy (non-hydrogen) atoms. The average molecular weight is 412 g/mol. The largest absolute Gasteiger partial charge is 0.485 e. The number of nitrogens with zero attached hydrogens (tertiary/aromatic N) is 5. The molecule has 3 aromatic heterocycles. The Morgan fingerprint density at radius 2 is 2.23 bits per heavy atom. The Hall–Kier alpha value is -3.40. The Morgan fingerprint density at radius 3 is 3.10 bits per heavy atom. The van der Waals surface area contributed by atoms with E-state index in [1.807, 2.05) is 11.8 Å². The zero-order chi connectivity index (χ0) is 20.8. The maximum absolute atomic E-state index is 14.0. The first kappa shape index (κ1) is 18.6. The predicted octanol–water partition coefficient (Wildman–Crippen LogP) is 1.36. The monoisotopic (exact) mass is 412 g/mol. The quantitative estimate of drug-likeness (QED) is 0.572. The van der Waals surface area contributed by atoms with Crippen molar-refractivity contribution in [1.82, 2.24) is 24.9 Å². The zero-order valence-corrected chi connectivity index (χ0v) is 16.4. The molecule has 10 heteroatoms. The number of fused-ring (bicyclic) bond motifs is 1. The molecule has 2 aliphatic heterocycles. The van der Waals surface area contributed by atoms with Crippen LogP contribution >= 0.6 is 0 Å². The van der Waals surface area contributed by atoms with Crippen LogP contribution in [0.4, 0.5) is 10.2 Å². The fourth-order valence-electron chi connectivity index (χ4n) is 3.63. The van der Waals surface area contributed by atoms with Crippen molar-refractivity contribution < 1.29 is 19.0 Å². The van der Waals surface area contributed by atoms with E-state index < -0.39 is 11.9 Å². The van der Waals surface area contributed by atoms with Crippen LogP contribution in [-0.4, -0.2) is 56.6 Å². The van der Waals surface area contributed by atoms with Crippen LogP contribution in [0.5, 0.6) is 11.6 Å². The number of anilines is 1. The van der Waals surface area contributed by atoms with Crippen molar-refractivity contribution in [3.05, 3.63) is 48.2 Å². The van der Waals surface area contributed by atoms with Crippen LogP contribution in [0.25, 0.3) is 11.3 Å². The molecule has 0 aromatic carbocycles. The van der Waals surface area contributed by atoms with Crippen molar-refractivity contribution in [2.45, 2.75) is 25.7 Å². The van der Waals surface area contributed by atoms with Gasteiger partial charge in [-0.1, -0.05) is 6.58 Å². The second-order valence-corrected chi connectivity index (χ2v) is 7.51. The van der Waals surface area contributed by atoms with E-state index >= 15 is 0 Å². The molecule has 0 unspecified atom stereocenters. The van der Waals surface area contributed by atoms with E-state index in [2.05, 4.69) is 22.0 Å². The van der Waals surface area contributed by atoms with Crippen molar-refractivity contribution in [3.8, 4) is 11.6 Å². The number of hydrogen-bond donors (Lipinski definition) is 2. The third-order valence-electron chi connectivity index (χ3n) is 5.10. The summed E-state index contributed by atoms with van der Waals surface area (Å²) in [5.74, 6) is 0.869. The van der Waals surface area contributed by atoms with E-state index in [1.54, 1.807) is 16.9 Å². The molecule has 5 heterocycles. The van der Waals surface area contributed by atoms with Crippen molar-refractivity contribution >= 4 is 17.2 Å². The zero-order valence-electron chi connectivity index (χ0n) is 16.4. The highest BCUT2D eigenvalue weighted by Gasteiger charge is 2.27. The number of hydrogen-bond acceptors (Lipinski definition) is 8. The number of halogens is 1.